The van der Waals surface area contributed by atoms with Gasteiger partial charge in [0, 0.05) is 21.9 Å². The van der Waals surface area contributed by atoms with Gasteiger partial charge in [-0.25, -0.2) is 0 Å². The fraction of sp³-hybridized carbons (Fsp3) is 0.188. The van der Waals surface area contributed by atoms with Crippen LogP contribution in [0.25, 0.3) is 0 Å². The van der Waals surface area contributed by atoms with Crippen molar-refractivity contribution in [3.8, 4) is 5.75 Å². The molecule has 1 amide bonds. The van der Waals surface area contributed by atoms with E-state index in [-0.39, 0.29) is 12.5 Å². The predicted molar refractivity (Wildman–Crippen MR) is 91.3 cm³/mol. The molecular formula is C16H16BrN3O2. The standard InChI is InChI=1S/C16H16BrN3O2/c17-11-1-4-13(5-2-11)19-16(21)10-20-7-8-22-15-9-12(18)3-6-14(15)20/h1-6,9H,7-8,10,18H2,(H,19,21). The minimum Gasteiger partial charge on any atom is -0.489 e. The van der Waals surface area contributed by atoms with Gasteiger partial charge in [0.05, 0.1) is 18.8 Å². The summed E-state index contributed by atoms with van der Waals surface area (Å²) in [5.41, 5.74) is 8.09. The number of nitrogen functional groups attached to an aromatic ring is 1. The molecular weight excluding hydrogens is 346 g/mol. The highest BCUT2D eigenvalue weighted by Gasteiger charge is 2.20. The van der Waals surface area contributed by atoms with E-state index >= 15 is 0 Å². The van der Waals surface area contributed by atoms with Gasteiger partial charge in [-0.3, -0.25) is 4.79 Å². The van der Waals surface area contributed by atoms with Crippen molar-refractivity contribution in [1.82, 2.24) is 0 Å². The second-order valence-electron chi connectivity index (χ2n) is 5.05. The van der Waals surface area contributed by atoms with Gasteiger partial charge >= 0.3 is 0 Å². The van der Waals surface area contributed by atoms with Crippen molar-refractivity contribution in [3.05, 3.63) is 46.9 Å². The van der Waals surface area contributed by atoms with Gasteiger partial charge in [-0.2, -0.15) is 0 Å². The third-order valence-corrected chi connectivity index (χ3v) is 3.93. The fourth-order valence-electron chi connectivity index (χ4n) is 2.37. The van der Waals surface area contributed by atoms with Crippen LogP contribution >= 0.6 is 15.9 Å². The van der Waals surface area contributed by atoms with E-state index in [1.54, 1.807) is 6.07 Å². The van der Waals surface area contributed by atoms with Crippen LogP contribution in [0.3, 0.4) is 0 Å². The third kappa shape index (κ3) is 3.33. The minimum absolute atomic E-state index is 0.0630. The van der Waals surface area contributed by atoms with Crippen LogP contribution < -0.4 is 20.7 Å². The number of nitrogens with zero attached hydrogens (tertiary/aromatic N) is 1. The van der Waals surface area contributed by atoms with Crippen LogP contribution in [-0.4, -0.2) is 25.6 Å². The number of fused-ring (bicyclic) bond motifs is 1. The summed E-state index contributed by atoms with van der Waals surface area (Å²) in [6.07, 6.45) is 0. The summed E-state index contributed by atoms with van der Waals surface area (Å²) >= 11 is 3.37. The van der Waals surface area contributed by atoms with E-state index < -0.39 is 0 Å². The highest BCUT2D eigenvalue weighted by atomic mass is 79.9. The van der Waals surface area contributed by atoms with Crippen LogP contribution in [-0.2, 0) is 4.79 Å². The Bertz CT molecular complexity index is 688. The Balaban J connectivity index is 1.69. The van der Waals surface area contributed by atoms with Gasteiger partial charge in [-0.15, -0.1) is 0 Å². The first-order chi connectivity index (χ1) is 10.6. The minimum atomic E-state index is -0.0630. The highest BCUT2D eigenvalue weighted by molar-refractivity contribution is 9.10. The molecule has 6 heteroatoms. The summed E-state index contributed by atoms with van der Waals surface area (Å²) < 4.78 is 6.57. The molecule has 3 rings (SSSR count). The molecule has 0 atom stereocenters. The number of rotatable bonds is 3. The molecule has 0 aliphatic carbocycles. The zero-order valence-electron chi connectivity index (χ0n) is 11.9. The fourth-order valence-corrected chi connectivity index (χ4v) is 2.63. The molecule has 2 aromatic carbocycles. The van der Waals surface area contributed by atoms with Gasteiger partial charge in [0.1, 0.15) is 12.4 Å². The number of carbonyl (C=O) groups excluding carboxylic acids is 1. The Labute approximate surface area is 137 Å². The molecule has 3 N–H and O–H groups in total. The van der Waals surface area contributed by atoms with E-state index in [4.69, 9.17) is 10.5 Å². The Morgan fingerprint density at radius 2 is 2.05 bits per heavy atom. The SMILES string of the molecule is Nc1ccc2c(c1)OCCN2CC(=O)Nc1ccc(Br)cc1. The molecule has 1 aliphatic heterocycles. The molecule has 22 heavy (non-hydrogen) atoms. The molecule has 1 heterocycles. The van der Waals surface area contributed by atoms with Crippen LogP contribution in [0, 0.1) is 0 Å². The van der Waals surface area contributed by atoms with E-state index in [0.29, 0.717) is 18.8 Å². The van der Waals surface area contributed by atoms with E-state index in [1.165, 1.54) is 0 Å². The van der Waals surface area contributed by atoms with Crippen LogP contribution in [0.2, 0.25) is 0 Å². The zero-order chi connectivity index (χ0) is 15.5. The van der Waals surface area contributed by atoms with Crippen LogP contribution in [0.5, 0.6) is 5.75 Å². The summed E-state index contributed by atoms with van der Waals surface area (Å²) in [7, 11) is 0. The van der Waals surface area contributed by atoms with E-state index in [0.717, 1.165) is 21.6 Å². The van der Waals surface area contributed by atoms with Crippen molar-refractivity contribution in [3.63, 3.8) is 0 Å². The predicted octanol–water partition coefficient (Wildman–Crippen LogP) is 2.87. The average Bonchev–Trinajstić information content (AvgIpc) is 2.49. The van der Waals surface area contributed by atoms with Crippen LogP contribution in [0.15, 0.2) is 46.9 Å². The molecule has 0 saturated heterocycles. The molecule has 0 radical (unpaired) electrons. The molecule has 0 bridgehead atoms. The van der Waals surface area contributed by atoms with Crippen molar-refractivity contribution in [2.45, 2.75) is 0 Å². The summed E-state index contributed by atoms with van der Waals surface area (Å²) in [4.78, 5) is 14.2. The second-order valence-corrected chi connectivity index (χ2v) is 5.97. The highest BCUT2D eigenvalue weighted by Crippen LogP contribution is 2.33. The molecule has 2 aromatic rings. The van der Waals surface area contributed by atoms with E-state index in [2.05, 4.69) is 21.2 Å². The quantitative estimate of drug-likeness (QED) is 0.824. The van der Waals surface area contributed by atoms with Gasteiger partial charge in [-0.1, -0.05) is 15.9 Å². The first kappa shape index (κ1) is 14.7. The first-order valence-electron chi connectivity index (χ1n) is 6.94. The number of amides is 1. The molecule has 1 aliphatic rings. The number of carbonyl (C=O) groups is 1. The van der Waals surface area contributed by atoms with Gasteiger partial charge in [-0.05, 0) is 36.4 Å². The normalized spacial score (nSPS) is 13.2. The Kier molecular flexibility index (Phi) is 4.20. The molecule has 114 valence electrons. The monoisotopic (exact) mass is 361 g/mol. The van der Waals surface area contributed by atoms with Crippen molar-refractivity contribution in [2.75, 3.05) is 35.6 Å². The number of hydrogen-bond donors (Lipinski definition) is 2. The maximum atomic E-state index is 12.2. The van der Waals surface area contributed by atoms with Crippen LogP contribution in [0.1, 0.15) is 0 Å². The van der Waals surface area contributed by atoms with Gasteiger partial charge < -0.3 is 20.7 Å². The lowest BCUT2D eigenvalue weighted by Crippen LogP contribution is -2.38. The Morgan fingerprint density at radius 1 is 1.27 bits per heavy atom. The molecule has 0 aromatic heterocycles. The largest absolute Gasteiger partial charge is 0.489 e. The lowest BCUT2D eigenvalue weighted by Gasteiger charge is -2.30. The first-order valence-corrected chi connectivity index (χ1v) is 7.74. The number of nitrogens with two attached hydrogens (primary N) is 1. The third-order valence-electron chi connectivity index (χ3n) is 3.41. The second kappa shape index (κ2) is 6.27. The van der Waals surface area contributed by atoms with Crippen molar-refractivity contribution in [1.29, 1.82) is 0 Å². The Morgan fingerprint density at radius 3 is 2.82 bits per heavy atom. The molecule has 0 saturated carbocycles. The lowest BCUT2D eigenvalue weighted by molar-refractivity contribution is -0.115. The number of benzene rings is 2. The van der Waals surface area contributed by atoms with Crippen molar-refractivity contribution >= 4 is 38.9 Å². The number of anilines is 3. The maximum Gasteiger partial charge on any atom is 0.243 e. The van der Waals surface area contributed by atoms with Crippen LogP contribution in [0.4, 0.5) is 17.1 Å². The smallest absolute Gasteiger partial charge is 0.243 e. The zero-order valence-corrected chi connectivity index (χ0v) is 13.5. The van der Waals surface area contributed by atoms with Crippen molar-refractivity contribution in [2.24, 2.45) is 0 Å². The van der Waals surface area contributed by atoms with Crippen molar-refractivity contribution < 1.29 is 9.53 Å². The van der Waals surface area contributed by atoms with Gasteiger partial charge in [0.25, 0.3) is 0 Å². The van der Waals surface area contributed by atoms with Gasteiger partial charge in [0.2, 0.25) is 5.91 Å². The molecule has 5 nitrogen and oxygen atoms in total. The maximum absolute atomic E-state index is 12.2. The molecule has 0 fully saturated rings. The number of halogens is 1. The topological polar surface area (TPSA) is 67.6 Å². The summed E-state index contributed by atoms with van der Waals surface area (Å²) in [5.74, 6) is 0.662. The molecule has 0 unspecified atom stereocenters. The number of nitrogens with one attached hydrogen (secondary N) is 1. The summed E-state index contributed by atoms with van der Waals surface area (Å²) in [6, 6.07) is 13.0. The molecule has 0 spiro atoms. The van der Waals surface area contributed by atoms with Gasteiger partial charge in [0.15, 0.2) is 0 Å². The lowest BCUT2D eigenvalue weighted by atomic mass is 10.2. The number of ether oxygens (including phenoxy) is 1. The summed E-state index contributed by atoms with van der Waals surface area (Å²) in [5, 5.41) is 2.89. The van der Waals surface area contributed by atoms with E-state index in [9.17, 15) is 4.79 Å². The Hall–Kier alpha value is -2.21. The summed E-state index contributed by atoms with van der Waals surface area (Å²) in [6.45, 7) is 1.49. The van der Waals surface area contributed by atoms with E-state index in [1.807, 2.05) is 41.3 Å². The number of hydrogen-bond acceptors (Lipinski definition) is 4. The average molecular weight is 362 g/mol.